The average molecular weight is 443 g/mol. The molecule has 0 radical (unpaired) electrons. The molecule has 0 saturated carbocycles. The molecule has 1 unspecified atom stereocenters. The number of amides is 2. The van der Waals surface area contributed by atoms with Crippen LogP contribution in [0.5, 0.6) is 0 Å². The van der Waals surface area contributed by atoms with Gasteiger partial charge in [0, 0.05) is 36.5 Å². The van der Waals surface area contributed by atoms with Gasteiger partial charge in [-0.1, -0.05) is 12.1 Å². The first kappa shape index (κ1) is 21.8. The molecule has 2 heterocycles. The zero-order valence-corrected chi connectivity index (χ0v) is 17.7. The van der Waals surface area contributed by atoms with Crippen LogP contribution in [0, 0.1) is 18.6 Å². The van der Waals surface area contributed by atoms with E-state index in [1.165, 1.54) is 11.9 Å². The van der Waals surface area contributed by atoms with Crippen LogP contribution in [0.1, 0.15) is 21.5 Å². The van der Waals surface area contributed by atoms with Gasteiger partial charge in [0.05, 0.1) is 30.5 Å². The van der Waals surface area contributed by atoms with E-state index in [1.54, 1.807) is 0 Å². The molecule has 0 bridgehead atoms. The van der Waals surface area contributed by atoms with Gasteiger partial charge in [-0.05, 0) is 36.2 Å². The minimum atomic E-state index is -1.03. The minimum Gasteiger partial charge on any atom is -0.465 e. The monoisotopic (exact) mass is 443 g/mol. The molecule has 1 aliphatic heterocycles. The zero-order valence-electron chi connectivity index (χ0n) is 17.7. The summed E-state index contributed by atoms with van der Waals surface area (Å²) in [7, 11) is 1.38. The molecular weight excluding hydrogens is 420 g/mol. The number of aromatic amines is 1. The lowest BCUT2D eigenvalue weighted by Gasteiger charge is -2.31. The van der Waals surface area contributed by atoms with Crippen LogP contribution in [0.3, 0.4) is 0 Å². The predicted octanol–water partition coefficient (Wildman–Crippen LogP) is 3.70. The lowest BCUT2D eigenvalue weighted by molar-refractivity contribution is -0.0208. The lowest BCUT2D eigenvalue weighted by Crippen LogP contribution is -2.45. The molecule has 1 aliphatic rings. The molecule has 32 heavy (non-hydrogen) atoms. The summed E-state index contributed by atoms with van der Waals surface area (Å²) in [6.45, 7) is 2.59. The summed E-state index contributed by atoms with van der Waals surface area (Å²) < 4.78 is 35.9. The molecule has 1 atom stereocenters. The number of H-pyrrole nitrogens is 1. The molecule has 7 nitrogen and oxygen atoms in total. The first-order valence-electron chi connectivity index (χ1n) is 10.2. The first-order valence-corrected chi connectivity index (χ1v) is 10.2. The maximum absolute atomic E-state index is 15.1. The van der Waals surface area contributed by atoms with Crippen molar-refractivity contribution < 1.29 is 28.2 Å². The number of carbonyl (C=O) groups excluding carboxylic acids is 1. The quantitative estimate of drug-likeness (QED) is 0.573. The summed E-state index contributed by atoms with van der Waals surface area (Å²) in [6.07, 6.45) is -1.23. The Hall–Kier alpha value is -3.46. The zero-order chi connectivity index (χ0) is 23.0. The topological polar surface area (TPSA) is 94.7 Å². The van der Waals surface area contributed by atoms with E-state index in [0.717, 1.165) is 23.1 Å². The van der Waals surface area contributed by atoms with Gasteiger partial charge in [-0.25, -0.2) is 13.6 Å². The second kappa shape index (κ2) is 8.58. The summed E-state index contributed by atoms with van der Waals surface area (Å²) in [5, 5.41) is 12.4. The van der Waals surface area contributed by atoms with Crippen LogP contribution in [0.25, 0.3) is 22.2 Å². The van der Waals surface area contributed by atoms with E-state index in [9.17, 15) is 14.7 Å². The largest absolute Gasteiger partial charge is 0.465 e. The van der Waals surface area contributed by atoms with Gasteiger partial charge in [-0.3, -0.25) is 4.79 Å². The normalized spacial score (nSPS) is 16.4. The maximum atomic E-state index is 15.1. The SMILES string of the molecule is CNC(=O)c1cc(F)c(-c2[nH]c3cc(C)ccc3c2CC2CN(C(=O)O)CCO2)c(F)c1. The number of rotatable bonds is 4. The van der Waals surface area contributed by atoms with Gasteiger partial charge in [-0.15, -0.1) is 0 Å². The number of ether oxygens (including phenoxy) is 1. The van der Waals surface area contributed by atoms with Crippen LogP contribution in [0.4, 0.5) is 13.6 Å². The molecule has 1 fully saturated rings. The van der Waals surface area contributed by atoms with Gasteiger partial charge < -0.3 is 25.0 Å². The summed E-state index contributed by atoms with van der Waals surface area (Å²) in [5.41, 5.74) is 2.16. The maximum Gasteiger partial charge on any atom is 0.407 e. The van der Waals surface area contributed by atoms with Gasteiger partial charge >= 0.3 is 6.09 Å². The van der Waals surface area contributed by atoms with Crippen molar-refractivity contribution in [2.24, 2.45) is 0 Å². The fourth-order valence-electron chi connectivity index (χ4n) is 4.13. The number of carboxylic acid groups (broad SMARTS) is 1. The second-order valence-electron chi connectivity index (χ2n) is 7.85. The second-order valence-corrected chi connectivity index (χ2v) is 7.85. The van der Waals surface area contributed by atoms with Crippen LogP contribution in [-0.4, -0.2) is 59.8 Å². The lowest BCUT2D eigenvalue weighted by atomic mass is 9.97. The van der Waals surface area contributed by atoms with Crippen LogP contribution < -0.4 is 5.32 Å². The number of fused-ring (bicyclic) bond motifs is 1. The van der Waals surface area contributed by atoms with E-state index >= 15 is 8.78 Å². The summed E-state index contributed by atoms with van der Waals surface area (Å²) in [4.78, 5) is 27.6. The number of nitrogens with one attached hydrogen (secondary N) is 2. The Kier molecular flexibility index (Phi) is 5.84. The third-order valence-electron chi connectivity index (χ3n) is 5.68. The minimum absolute atomic E-state index is 0.118. The Balaban J connectivity index is 1.82. The highest BCUT2D eigenvalue weighted by Crippen LogP contribution is 2.36. The standard InChI is InChI=1S/C23H23F2N3O4/c1-12-3-4-15-16(10-14-11-28(23(30)31)5-6-32-14)21(27-19(15)7-12)20-17(24)8-13(9-18(20)25)22(29)26-2/h3-4,7-9,14,27H,5-6,10-11H2,1-2H3,(H,26,29)(H,30,31). The Bertz CT molecular complexity index is 1180. The van der Waals surface area contributed by atoms with E-state index in [1.807, 2.05) is 25.1 Å². The van der Waals surface area contributed by atoms with E-state index < -0.39 is 29.7 Å². The van der Waals surface area contributed by atoms with Gasteiger partial charge in [-0.2, -0.15) is 0 Å². The molecule has 9 heteroatoms. The molecule has 0 spiro atoms. The van der Waals surface area contributed by atoms with Crippen molar-refractivity contribution in [3.63, 3.8) is 0 Å². The van der Waals surface area contributed by atoms with Crippen molar-refractivity contribution in [2.75, 3.05) is 26.7 Å². The Morgan fingerprint density at radius 1 is 1.25 bits per heavy atom. The van der Waals surface area contributed by atoms with Gasteiger partial charge in [0.1, 0.15) is 11.6 Å². The van der Waals surface area contributed by atoms with Crippen LogP contribution in [-0.2, 0) is 11.2 Å². The van der Waals surface area contributed by atoms with Gasteiger partial charge in [0.2, 0.25) is 0 Å². The molecule has 0 aliphatic carbocycles. The third-order valence-corrected chi connectivity index (χ3v) is 5.68. The predicted molar refractivity (Wildman–Crippen MR) is 115 cm³/mol. The number of aryl methyl sites for hydroxylation is 1. The Morgan fingerprint density at radius 3 is 2.62 bits per heavy atom. The van der Waals surface area contributed by atoms with Crippen molar-refractivity contribution in [3.8, 4) is 11.3 Å². The number of halogens is 2. The molecule has 2 amide bonds. The fourth-order valence-corrected chi connectivity index (χ4v) is 4.13. The molecular formula is C23H23F2N3O4. The van der Waals surface area contributed by atoms with Crippen molar-refractivity contribution >= 4 is 22.9 Å². The van der Waals surface area contributed by atoms with Crippen molar-refractivity contribution in [1.82, 2.24) is 15.2 Å². The molecule has 2 aromatic carbocycles. The molecule has 3 N–H and O–H groups in total. The first-order chi connectivity index (χ1) is 15.3. The van der Waals surface area contributed by atoms with Crippen molar-refractivity contribution in [3.05, 3.63) is 58.7 Å². The fraction of sp³-hybridized carbons (Fsp3) is 0.304. The van der Waals surface area contributed by atoms with Gasteiger partial charge in [0.15, 0.2) is 0 Å². The molecule has 1 aromatic heterocycles. The van der Waals surface area contributed by atoms with Gasteiger partial charge in [0.25, 0.3) is 5.91 Å². The molecule has 3 aromatic rings. The average Bonchev–Trinajstić information content (AvgIpc) is 3.09. The smallest absolute Gasteiger partial charge is 0.407 e. The summed E-state index contributed by atoms with van der Waals surface area (Å²) >= 11 is 0. The van der Waals surface area contributed by atoms with Crippen LogP contribution in [0.2, 0.25) is 0 Å². The Labute approximate surface area is 183 Å². The highest BCUT2D eigenvalue weighted by Gasteiger charge is 2.28. The van der Waals surface area contributed by atoms with E-state index in [-0.39, 0.29) is 42.9 Å². The number of carbonyl (C=O) groups is 2. The molecule has 168 valence electrons. The molecule has 1 saturated heterocycles. The van der Waals surface area contributed by atoms with E-state index in [4.69, 9.17) is 4.74 Å². The number of morpholine rings is 1. The number of aromatic nitrogens is 1. The highest BCUT2D eigenvalue weighted by molar-refractivity contribution is 5.95. The van der Waals surface area contributed by atoms with Crippen molar-refractivity contribution in [2.45, 2.75) is 19.4 Å². The van der Waals surface area contributed by atoms with E-state index in [2.05, 4.69) is 10.3 Å². The van der Waals surface area contributed by atoms with E-state index in [0.29, 0.717) is 11.1 Å². The number of benzene rings is 2. The number of nitrogens with zero attached hydrogens (tertiary/aromatic N) is 1. The number of hydrogen-bond donors (Lipinski definition) is 3. The molecule has 4 rings (SSSR count). The highest BCUT2D eigenvalue weighted by atomic mass is 19.1. The Morgan fingerprint density at radius 2 is 1.97 bits per heavy atom. The van der Waals surface area contributed by atoms with Crippen LogP contribution >= 0.6 is 0 Å². The van der Waals surface area contributed by atoms with Crippen LogP contribution in [0.15, 0.2) is 30.3 Å². The third kappa shape index (κ3) is 4.03. The number of hydrogen-bond acceptors (Lipinski definition) is 3. The summed E-state index contributed by atoms with van der Waals surface area (Å²) in [6, 6.07) is 7.65. The van der Waals surface area contributed by atoms with Crippen molar-refractivity contribution in [1.29, 1.82) is 0 Å². The summed E-state index contributed by atoms with van der Waals surface area (Å²) in [5.74, 6) is -2.33.